The van der Waals surface area contributed by atoms with E-state index in [9.17, 15) is 19.2 Å². The van der Waals surface area contributed by atoms with Gasteiger partial charge in [0.1, 0.15) is 12.2 Å². The minimum atomic E-state index is -0.491. The lowest BCUT2D eigenvalue weighted by Crippen LogP contribution is -2.43. The summed E-state index contributed by atoms with van der Waals surface area (Å²) >= 11 is 0. The molecule has 0 saturated carbocycles. The van der Waals surface area contributed by atoms with Crippen molar-refractivity contribution in [3.05, 3.63) is 29.8 Å². The Hall–Kier alpha value is -3.58. The van der Waals surface area contributed by atoms with Crippen molar-refractivity contribution in [3.63, 3.8) is 0 Å². The number of carbonyl (C=O) groups is 4. The fourth-order valence-electron chi connectivity index (χ4n) is 3.16. The Balaban J connectivity index is -0.00000135. The highest BCUT2D eigenvalue weighted by atomic mass is 16.6. The van der Waals surface area contributed by atoms with Crippen molar-refractivity contribution >= 4 is 30.0 Å². The van der Waals surface area contributed by atoms with Crippen LogP contribution in [-0.2, 0) is 23.9 Å². The minimum absolute atomic E-state index is 0. The molecule has 1 aromatic rings. The number of nitrogens with one attached hydrogen (secondary N) is 1. The number of ether oxygens (including phenoxy) is 2. The van der Waals surface area contributed by atoms with Gasteiger partial charge in [0, 0.05) is 50.8 Å². The first-order valence-corrected chi connectivity index (χ1v) is 14.4. The number of carbonyl (C=O) groups excluding carboxylic acids is 4. The predicted octanol–water partition coefficient (Wildman–Crippen LogP) is 5.12. The molecule has 0 spiro atoms. The number of anilines is 1. The monoisotopic (exact) mass is 592 g/mol. The van der Waals surface area contributed by atoms with Crippen molar-refractivity contribution in [2.75, 3.05) is 38.2 Å². The zero-order chi connectivity index (χ0) is 31.8. The van der Waals surface area contributed by atoms with Gasteiger partial charge in [-0.2, -0.15) is 0 Å². The number of hydrogen-bond donors (Lipinski definition) is 2. The molecule has 1 saturated heterocycles. The second kappa shape index (κ2) is 25.2. The average Bonchev–Trinajstić information content (AvgIpc) is 2.98. The molecule has 0 atom stereocenters. The Morgan fingerprint density at radius 3 is 2.05 bits per heavy atom. The third-order valence-electron chi connectivity index (χ3n) is 5.25. The summed E-state index contributed by atoms with van der Waals surface area (Å²) in [6.45, 7) is 17.2. The summed E-state index contributed by atoms with van der Waals surface area (Å²) in [5.41, 5.74) is 5.69. The van der Waals surface area contributed by atoms with Crippen LogP contribution in [0, 0.1) is 11.8 Å². The van der Waals surface area contributed by atoms with Gasteiger partial charge in [-0.25, -0.2) is 4.79 Å². The van der Waals surface area contributed by atoms with Crippen LogP contribution in [0.1, 0.15) is 94.1 Å². The summed E-state index contributed by atoms with van der Waals surface area (Å²) < 4.78 is 11.2. The summed E-state index contributed by atoms with van der Waals surface area (Å²) in [6, 6.07) is 7.26. The van der Waals surface area contributed by atoms with Crippen LogP contribution in [0.15, 0.2) is 24.3 Å². The standard InChI is InChI=1S/C24H33N3O5.C3H7NO.2C2H6.CH4/c1-24(2,3)32-23(30)26-14-11-21(12-15-26)31-17-5-6-19-7-9-20(10-8-19)27(18-28)16-13-22(29)25-4;1-2-3(4)5;2*1-2;/h7-10,18,21H,11-17H2,1-4H3,(H,25,29);2H2,1H3,(H2,4,5);2*1-2H3;1H4. The maximum Gasteiger partial charge on any atom is 0.410 e. The van der Waals surface area contributed by atoms with E-state index >= 15 is 0 Å². The maximum absolute atomic E-state index is 12.1. The van der Waals surface area contributed by atoms with E-state index in [1.807, 2.05) is 60.6 Å². The van der Waals surface area contributed by atoms with Crippen LogP contribution < -0.4 is 16.0 Å². The second-order valence-electron chi connectivity index (χ2n) is 9.37. The molecule has 0 aliphatic carbocycles. The van der Waals surface area contributed by atoms with E-state index in [0.717, 1.165) is 18.4 Å². The molecular weight excluding hydrogens is 536 g/mol. The number of rotatable bonds is 8. The lowest BCUT2D eigenvalue weighted by Gasteiger charge is -2.33. The summed E-state index contributed by atoms with van der Waals surface area (Å²) in [6.07, 6.45) is 2.71. The third-order valence-corrected chi connectivity index (χ3v) is 5.25. The zero-order valence-electron chi connectivity index (χ0n) is 26.5. The molecular formula is C32H56N4O6. The third kappa shape index (κ3) is 20.3. The molecule has 10 heteroatoms. The van der Waals surface area contributed by atoms with E-state index in [2.05, 4.69) is 22.9 Å². The van der Waals surface area contributed by atoms with Crippen LogP contribution in [0.4, 0.5) is 10.5 Å². The summed E-state index contributed by atoms with van der Waals surface area (Å²) in [5, 5.41) is 2.54. The quantitative estimate of drug-likeness (QED) is 0.318. The van der Waals surface area contributed by atoms with E-state index in [1.54, 1.807) is 31.0 Å². The number of benzene rings is 1. The van der Waals surface area contributed by atoms with E-state index in [-0.39, 0.29) is 37.9 Å². The molecule has 1 aliphatic rings. The number of piperidine rings is 1. The molecule has 0 unspecified atom stereocenters. The molecule has 3 N–H and O–H groups in total. The summed E-state index contributed by atoms with van der Waals surface area (Å²) in [4.78, 5) is 47.6. The van der Waals surface area contributed by atoms with Crippen molar-refractivity contribution in [2.45, 2.75) is 100 Å². The van der Waals surface area contributed by atoms with Crippen LogP contribution in [0.25, 0.3) is 0 Å². The Kier molecular flexibility index (Phi) is 25.7. The highest BCUT2D eigenvalue weighted by molar-refractivity contribution is 5.80. The molecule has 10 nitrogen and oxygen atoms in total. The summed E-state index contributed by atoms with van der Waals surface area (Å²) in [5.74, 6) is 5.70. The van der Waals surface area contributed by atoms with Gasteiger partial charge in [-0.1, -0.05) is 53.9 Å². The number of nitrogens with zero attached hydrogens (tertiary/aromatic N) is 2. The first-order valence-electron chi connectivity index (χ1n) is 14.4. The lowest BCUT2D eigenvalue weighted by molar-refractivity contribution is -0.120. The maximum atomic E-state index is 12.1. The van der Waals surface area contributed by atoms with Gasteiger partial charge in [0.25, 0.3) is 0 Å². The molecule has 4 amide bonds. The Labute approximate surface area is 254 Å². The fourth-order valence-corrected chi connectivity index (χ4v) is 3.16. The number of amides is 4. The molecule has 0 bridgehead atoms. The molecule has 2 rings (SSSR count). The first kappa shape index (κ1) is 42.9. The van der Waals surface area contributed by atoms with Crippen LogP contribution in [0.3, 0.4) is 0 Å². The first-order chi connectivity index (χ1) is 19.5. The molecule has 1 aromatic carbocycles. The van der Waals surface area contributed by atoms with Gasteiger partial charge in [-0.05, 0) is 57.9 Å². The Bertz CT molecular complexity index is 940. The van der Waals surface area contributed by atoms with Gasteiger partial charge in [-0.3, -0.25) is 14.4 Å². The van der Waals surface area contributed by atoms with Gasteiger partial charge in [-0.15, -0.1) is 0 Å². The minimum Gasteiger partial charge on any atom is -0.444 e. The predicted molar refractivity (Wildman–Crippen MR) is 171 cm³/mol. The molecule has 42 heavy (non-hydrogen) atoms. The molecule has 0 radical (unpaired) electrons. The normalized spacial score (nSPS) is 12.0. The number of primary amides is 1. The smallest absolute Gasteiger partial charge is 0.410 e. The SMILES string of the molecule is C.CC.CC.CCC(N)=O.CNC(=O)CCN(C=O)c1ccc(C#CCOC2CCN(C(=O)OC(C)(C)C)CC2)cc1. The number of hydrogen-bond acceptors (Lipinski definition) is 6. The topological polar surface area (TPSA) is 131 Å². The van der Waals surface area contributed by atoms with Crippen LogP contribution >= 0.6 is 0 Å². The van der Waals surface area contributed by atoms with E-state index < -0.39 is 5.60 Å². The van der Waals surface area contributed by atoms with Gasteiger partial charge < -0.3 is 30.3 Å². The van der Waals surface area contributed by atoms with Crippen molar-refractivity contribution in [3.8, 4) is 11.8 Å². The second-order valence-corrected chi connectivity index (χ2v) is 9.37. The van der Waals surface area contributed by atoms with Crippen molar-refractivity contribution in [1.29, 1.82) is 0 Å². The van der Waals surface area contributed by atoms with Gasteiger partial charge in [0.15, 0.2) is 0 Å². The molecule has 1 aliphatic heterocycles. The highest BCUT2D eigenvalue weighted by Crippen LogP contribution is 2.17. The molecule has 0 aromatic heterocycles. The van der Waals surface area contributed by atoms with Crippen molar-refractivity contribution in [1.82, 2.24) is 10.2 Å². The molecule has 240 valence electrons. The Morgan fingerprint density at radius 2 is 1.62 bits per heavy atom. The fraction of sp³-hybridized carbons (Fsp3) is 0.625. The van der Waals surface area contributed by atoms with Crippen LogP contribution in [0.2, 0.25) is 0 Å². The van der Waals surface area contributed by atoms with E-state index in [4.69, 9.17) is 9.47 Å². The highest BCUT2D eigenvalue weighted by Gasteiger charge is 2.26. The van der Waals surface area contributed by atoms with Gasteiger partial charge >= 0.3 is 6.09 Å². The molecule has 1 fully saturated rings. The zero-order valence-corrected chi connectivity index (χ0v) is 26.5. The van der Waals surface area contributed by atoms with Gasteiger partial charge in [0.2, 0.25) is 18.2 Å². The number of likely N-dealkylation sites (tertiary alicyclic amines) is 1. The number of nitrogens with two attached hydrogens (primary N) is 1. The van der Waals surface area contributed by atoms with Gasteiger partial charge in [0.05, 0.1) is 6.10 Å². The lowest BCUT2D eigenvalue weighted by atomic mass is 10.1. The molecule has 1 heterocycles. The Morgan fingerprint density at radius 1 is 1.10 bits per heavy atom. The average molecular weight is 593 g/mol. The van der Waals surface area contributed by atoms with E-state index in [0.29, 0.717) is 44.8 Å². The van der Waals surface area contributed by atoms with Crippen LogP contribution in [0.5, 0.6) is 0 Å². The van der Waals surface area contributed by atoms with Crippen LogP contribution in [-0.4, -0.2) is 74.2 Å². The summed E-state index contributed by atoms with van der Waals surface area (Å²) in [7, 11) is 1.57. The largest absolute Gasteiger partial charge is 0.444 e. The van der Waals surface area contributed by atoms with E-state index in [1.165, 1.54) is 4.90 Å². The van der Waals surface area contributed by atoms with Crippen molar-refractivity contribution < 1.29 is 28.7 Å². The van der Waals surface area contributed by atoms with Crippen molar-refractivity contribution in [2.24, 2.45) is 5.73 Å².